The molecule has 3 rings (SSSR count). The quantitative estimate of drug-likeness (QED) is 0.593. The number of amides is 4. The molecule has 0 aliphatic carbocycles. The predicted molar refractivity (Wildman–Crippen MR) is 115 cm³/mol. The number of nitrogens with zero attached hydrogens (tertiary/aromatic N) is 1. The van der Waals surface area contributed by atoms with Crippen molar-refractivity contribution in [2.24, 2.45) is 0 Å². The monoisotopic (exact) mass is 497 g/mol. The third kappa shape index (κ3) is 4.74. The Hall–Kier alpha value is -2.09. The molecule has 0 spiro atoms. The van der Waals surface area contributed by atoms with Gasteiger partial charge in [-0.1, -0.05) is 57.3 Å². The Morgan fingerprint density at radius 3 is 2.66 bits per heavy atom. The molecular weight excluding hydrogens is 481 g/mol. The normalized spacial score (nSPS) is 18.7. The standard InChI is InChI=1S/C20H18BrCl2N3O3/c1-20(13-3-2-4-14(21)9-13)18(28)26(19(29)25-20)11-17(27)24-8-7-12-5-6-15(22)10-16(12)23/h2-6,9-10H,7-8,11H2,1H3,(H,24,27)(H,25,29)/t20-/m0/s1. The number of nitrogens with one attached hydrogen (secondary N) is 2. The van der Waals surface area contributed by atoms with E-state index in [1.807, 2.05) is 6.07 Å². The molecule has 4 amide bonds. The van der Waals surface area contributed by atoms with E-state index < -0.39 is 23.4 Å². The van der Waals surface area contributed by atoms with E-state index in [4.69, 9.17) is 23.2 Å². The average molecular weight is 499 g/mol. The zero-order chi connectivity index (χ0) is 21.2. The van der Waals surface area contributed by atoms with Crippen molar-refractivity contribution in [3.63, 3.8) is 0 Å². The minimum absolute atomic E-state index is 0.312. The van der Waals surface area contributed by atoms with Gasteiger partial charge in [0.2, 0.25) is 5.91 Å². The number of hydrogen-bond donors (Lipinski definition) is 2. The molecule has 1 heterocycles. The van der Waals surface area contributed by atoms with Gasteiger partial charge in [0, 0.05) is 21.1 Å². The maximum absolute atomic E-state index is 12.9. The van der Waals surface area contributed by atoms with Gasteiger partial charge < -0.3 is 10.6 Å². The van der Waals surface area contributed by atoms with E-state index in [-0.39, 0.29) is 6.54 Å². The molecule has 0 aromatic heterocycles. The Morgan fingerprint density at radius 1 is 1.21 bits per heavy atom. The average Bonchev–Trinajstić information content (AvgIpc) is 2.88. The molecule has 1 fully saturated rings. The predicted octanol–water partition coefficient (Wildman–Crippen LogP) is 3.88. The summed E-state index contributed by atoms with van der Waals surface area (Å²) in [6, 6.07) is 11.7. The van der Waals surface area contributed by atoms with E-state index in [0.29, 0.717) is 28.6 Å². The van der Waals surface area contributed by atoms with Crippen LogP contribution in [-0.4, -0.2) is 35.8 Å². The molecule has 29 heavy (non-hydrogen) atoms. The van der Waals surface area contributed by atoms with Crippen LogP contribution in [0.25, 0.3) is 0 Å². The molecule has 1 aliphatic heterocycles. The highest BCUT2D eigenvalue weighted by Crippen LogP contribution is 2.30. The Morgan fingerprint density at radius 2 is 1.97 bits per heavy atom. The highest BCUT2D eigenvalue weighted by atomic mass is 79.9. The third-order valence-electron chi connectivity index (χ3n) is 4.71. The van der Waals surface area contributed by atoms with Gasteiger partial charge in [0.1, 0.15) is 12.1 Å². The Kier molecular flexibility index (Phi) is 6.51. The Bertz CT molecular complexity index is 985. The van der Waals surface area contributed by atoms with Crippen molar-refractivity contribution in [1.29, 1.82) is 0 Å². The fourth-order valence-electron chi connectivity index (χ4n) is 3.10. The number of urea groups is 1. The summed E-state index contributed by atoms with van der Waals surface area (Å²) in [6.07, 6.45) is 0.498. The maximum Gasteiger partial charge on any atom is 0.325 e. The first-order chi connectivity index (χ1) is 13.7. The molecule has 0 radical (unpaired) electrons. The van der Waals surface area contributed by atoms with Crippen molar-refractivity contribution >= 4 is 57.0 Å². The van der Waals surface area contributed by atoms with E-state index in [1.54, 1.807) is 43.3 Å². The molecule has 0 bridgehead atoms. The largest absolute Gasteiger partial charge is 0.354 e. The van der Waals surface area contributed by atoms with Crippen LogP contribution < -0.4 is 10.6 Å². The van der Waals surface area contributed by atoms with Gasteiger partial charge in [-0.3, -0.25) is 14.5 Å². The molecule has 6 nitrogen and oxygen atoms in total. The van der Waals surface area contributed by atoms with Gasteiger partial charge in [-0.15, -0.1) is 0 Å². The van der Waals surface area contributed by atoms with Crippen LogP contribution >= 0.6 is 39.1 Å². The lowest BCUT2D eigenvalue weighted by Gasteiger charge is -2.22. The summed E-state index contributed by atoms with van der Waals surface area (Å²) >= 11 is 15.3. The van der Waals surface area contributed by atoms with Crippen molar-refractivity contribution < 1.29 is 14.4 Å². The van der Waals surface area contributed by atoms with Crippen LogP contribution in [0.1, 0.15) is 18.1 Å². The summed E-state index contributed by atoms with van der Waals surface area (Å²) in [5, 5.41) is 6.44. The van der Waals surface area contributed by atoms with Gasteiger partial charge in [0.05, 0.1) is 0 Å². The zero-order valence-corrected chi connectivity index (χ0v) is 18.6. The molecule has 1 atom stereocenters. The van der Waals surface area contributed by atoms with Gasteiger partial charge in [-0.2, -0.15) is 0 Å². The van der Waals surface area contributed by atoms with Crippen molar-refractivity contribution in [2.45, 2.75) is 18.9 Å². The molecule has 2 N–H and O–H groups in total. The number of carbonyl (C=O) groups is 3. The summed E-state index contributed by atoms with van der Waals surface area (Å²) in [6.45, 7) is 1.57. The smallest absolute Gasteiger partial charge is 0.325 e. The highest BCUT2D eigenvalue weighted by Gasteiger charge is 2.49. The molecule has 1 aliphatic rings. The minimum Gasteiger partial charge on any atom is -0.354 e. The van der Waals surface area contributed by atoms with Crippen LogP contribution in [0.15, 0.2) is 46.9 Å². The van der Waals surface area contributed by atoms with Crippen LogP contribution in [0.5, 0.6) is 0 Å². The number of carbonyl (C=O) groups excluding carboxylic acids is 3. The lowest BCUT2D eigenvalue weighted by atomic mass is 9.92. The minimum atomic E-state index is -1.22. The number of benzene rings is 2. The number of imide groups is 1. The van der Waals surface area contributed by atoms with Crippen molar-refractivity contribution in [3.05, 3.63) is 68.1 Å². The summed E-state index contributed by atoms with van der Waals surface area (Å²) in [5.74, 6) is -0.909. The number of rotatable bonds is 6. The van der Waals surface area contributed by atoms with E-state index in [9.17, 15) is 14.4 Å². The van der Waals surface area contributed by atoms with Crippen molar-refractivity contribution in [3.8, 4) is 0 Å². The molecule has 152 valence electrons. The maximum atomic E-state index is 12.9. The van der Waals surface area contributed by atoms with Gasteiger partial charge in [0.15, 0.2) is 0 Å². The molecule has 0 saturated carbocycles. The van der Waals surface area contributed by atoms with Gasteiger partial charge in [0.25, 0.3) is 5.91 Å². The Labute approximate surface area is 186 Å². The SMILES string of the molecule is C[C@@]1(c2cccc(Br)c2)NC(=O)N(CC(=O)NCCc2ccc(Cl)cc2Cl)C1=O. The lowest BCUT2D eigenvalue weighted by Crippen LogP contribution is -2.43. The fraction of sp³-hybridized carbons (Fsp3) is 0.250. The fourth-order valence-corrected chi connectivity index (χ4v) is 4.00. The molecule has 2 aromatic rings. The zero-order valence-electron chi connectivity index (χ0n) is 15.5. The molecular formula is C20H18BrCl2N3O3. The van der Waals surface area contributed by atoms with E-state index in [0.717, 1.165) is 14.9 Å². The molecule has 2 aromatic carbocycles. The van der Waals surface area contributed by atoms with Gasteiger partial charge in [-0.25, -0.2) is 4.79 Å². The van der Waals surface area contributed by atoms with Gasteiger partial charge in [-0.05, 0) is 48.7 Å². The summed E-state index contributed by atoms with van der Waals surface area (Å²) in [5.41, 5.74) is 0.247. The first-order valence-electron chi connectivity index (χ1n) is 8.81. The van der Waals surface area contributed by atoms with Crippen LogP contribution in [-0.2, 0) is 21.5 Å². The number of halogens is 3. The summed E-state index contributed by atoms with van der Waals surface area (Å²) < 4.78 is 0.787. The summed E-state index contributed by atoms with van der Waals surface area (Å²) in [4.78, 5) is 38.4. The van der Waals surface area contributed by atoms with E-state index >= 15 is 0 Å². The third-order valence-corrected chi connectivity index (χ3v) is 5.79. The van der Waals surface area contributed by atoms with Crippen LogP contribution in [0.3, 0.4) is 0 Å². The van der Waals surface area contributed by atoms with Crippen LogP contribution in [0.2, 0.25) is 10.0 Å². The van der Waals surface area contributed by atoms with E-state index in [2.05, 4.69) is 26.6 Å². The van der Waals surface area contributed by atoms with E-state index in [1.165, 1.54) is 0 Å². The second-order valence-corrected chi connectivity index (χ2v) is 8.55. The first kappa shape index (κ1) is 21.6. The second kappa shape index (κ2) is 8.73. The highest BCUT2D eigenvalue weighted by molar-refractivity contribution is 9.10. The van der Waals surface area contributed by atoms with Crippen LogP contribution in [0.4, 0.5) is 4.79 Å². The van der Waals surface area contributed by atoms with Gasteiger partial charge >= 0.3 is 6.03 Å². The first-order valence-corrected chi connectivity index (χ1v) is 10.4. The molecule has 1 saturated heterocycles. The van der Waals surface area contributed by atoms with Crippen molar-refractivity contribution in [1.82, 2.24) is 15.5 Å². The molecule has 9 heteroatoms. The van der Waals surface area contributed by atoms with Crippen LogP contribution in [0, 0.1) is 0 Å². The lowest BCUT2D eigenvalue weighted by molar-refractivity contribution is -0.134. The number of hydrogen-bond acceptors (Lipinski definition) is 3. The van der Waals surface area contributed by atoms with Crippen molar-refractivity contribution in [2.75, 3.05) is 13.1 Å². The summed E-state index contributed by atoms with van der Waals surface area (Å²) in [7, 11) is 0. The topological polar surface area (TPSA) is 78.5 Å². The Balaban J connectivity index is 1.60. The second-order valence-electron chi connectivity index (χ2n) is 6.79. The molecule has 0 unspecified atom stereocenters.